The Labute approximate surface area is 291 Å². The zero-order valence-corrected chi connectivity index (χ0v) is 30.5. The van der Waals surface area contributed by atoms with Crippen molar-refractivity contribution in [1.82, 2.24) is 15.1 Å². The highest BCUT2D eigenvalue weighted by Gasteiger charge is 2.19. The van der Waals surface area contributed by atoms with Crippen LogP contribution in [0.15, 0.2) is 36.4 Å². The van der Waals surface area contributed by atoms with Crippen molar-refractivity contribution in [3.63, 3.8) is 0 Å². The molecule has 0 bridgehead atoms. The topological polar surface area (TPSA) is 128 Å². The SMILES string of the molecule is COc1cc(CNCCN(CCN(CCN)Cc2cc(OC)c(OC)c(OC)c2)Cc2cc(OC)c(OC)c(OC)c2)cc(OC)c1OC. The molecule has 0 amide bonds. The summed E-state index contributed by atoms with van der Waals surface area (Å²) in [5.41, 5.74) is 9.16. The molecule has 0 saturated carbocycles. The average molecular weight is 687 g/mol. The third-order valence-electron chi connectivity index (χ3n) is 8.10. The molecule has 0 spiro atoms. The Balaban J connectivity index is 1.80. The minimum Gasteiger partial charge on any atom is -0.493 e. The quantitative estimate of drug-likeness (QED) is 0.141. The van der Waals surface area contributed by atoms with Gasteiger partial charge in [0.2, 0.25) is 17.2 Å². The molecule has 0 heterocycles. The first kappa shape index (κ1) is 39.1. The smallest absolute Gasteiger partial charge is 0.203 e. The van der Waals surface area contributed by atoms with Crippen LogP contribution < -0.4 is 53.7 Å². The van der Waals surface area contributed by atoms with E-state index < -0.39 is 0 Å². The number of hydrogen-bond donors (Lipinski definition) is 2. The second kappa shape index (κ2) is 20.3. The lowest BCUT2D eigenvalue weighted by atomic mass is 10.1. The first-order valence-corrected chi connectivity index (χ1v) is 16.0. The van der Waals surface area contributed by atoms with Gasteiger partial charge in [0.1, 0.15) is 0 Å². The number of nitrogens with zero attached hydrogens (tertiary/aromatic N) is 2. The Morgan fingerprint density at radius 3 is 1.08 bits per heavy atom. The molecule has 0 saturated heterocycles. The number of rotatable bonds is 23. The van der Waals surface area contributed by atoms with Crippen molar-refractivity contribution in [2.75, 3.05) is 103 Å². The number of nitrogens with two attached hydrogens (primary N) is 1. The summed E-state index contributed by atoms with van der Waals surface area (Å²) in [6, 6.07) is 11.8. The first-order chi connectivity index (χ1) is 23.8. The Bertz CT molecular complexity index is 1380. The minimum absolute atomic E-state index is 0.521. The van der Waals surface area contributed by atoms with Gasteiger partial charge in [0.25, 0.3) is 0 Å². The molecule has 0 aliphatic carbocycles. The third kappa shape index (κ3) is 10.6. The van der Waals surface area contributed by atoms with Gasteiger partial charge in [-0.25, -0.2) is 0 Å². The molecular weight excluding hydrogens is 632 g/mol. The number of nitrogens with one attached hydrogen (secondary N) is 1. The van der Waals surface area contributed by atoms with Crippen molar-refractivity contribution < 1.29 is 42.6 Å². The highest BCUT2D eigenvalue weighted by Crippen LogP contribution is 2.40. The molecule has 49 heavy (non-hydrogen) atoms. The van der Waals surface area contributed by atoms with Gasteiger partial charge >= 0.3 is 0 Å². The van der Waals surface area contributed by atoms with Crippen LogP contribution in [0.3, 0.4) is 0 Å². The molecule has 0 aliphatic rings. The van der Waals surface area contributed by atoms with Crippen LogP contribution in [-0.4, -0.2) is 113 Å². The molecule has 0 unspecified atom stereocenters. The molecular formula is C36H54N4O9. The van der Waals surface area contributed by atoms with Gasteiger partial charge in [0, 0.05) is 58.9 Å². The van der Waals surface area contributed by atoms with Gasteiger partial charge in [-0.1, -0.05) is 0 Å². The van der Waals surface area contributed by atoms with Gasteiger partial charge < -0.3 is 53.7 Å². The normalized spacial score (nSPS) is 11.0. The van der Waals surface area contributed by atoms with E-state index >= 15 is 0 Å². The molecule has 0 atom stereocenters. The lowest BCUT2D eigenvalue weighted by molar-refractivity contribution is 0.195. The van der Waals surface area contributed by atoms with Gasteiger partial charge in [0.15, 0.2) is 34.5 Å². The lowest BCUT2D eigenvalue weighted by Gasteiger charge is -2.28. The summed E-state index contributed by atoms with van der Waals surface area (Å²) in [5, 5.41) is 3.57. The maximum atomic E-state index is 6.08. The van der Waals surface area contributed by atoms with E-state index in [0.29, 0.717) is 84.5 Å². The molecule has 0 aromatic heterocycles. The predicted octanol–water partition coefficient (Wildman–Crippen LogP) is 3.82. The molecule has 3 aromatic carbocycles. The van der Waals surface area contributed by atoms with E-state index in [1.807, 2.05) is 36.4 Å². The minimum atomic E-state index is 0.521. The zero-order chi connectivity index (χ0) is 35.8. The number of benzene rings is 3. The second-order valence-electron chi connectivity index (χ2n) is 11.1. The van der Waals surface area contributed by atoms with Crippen molar-refractivity contribution in [1.29, 1.82) is 0 Å². The Kier molecular flexibility index (Phi) is 16.2. The van der Waals surface area contributed by atoms with Gasteiger partial charge in [-0.3, -0.25) is 9.80 Å². The first-order valence-electron chi connectivity index (χ1n) is 16.0. The highest BCUT2D eigenvalue weighted by atomic mass is 16.5. The fourth-order valence-corrected chi connectivity index (χ4v) is 5.68. The van der Waals surface area contributed by atoms with Crippen LogP contribution in [0.25, 0.3) is 0 Å². The van der Waals surface area contributed by atoms with Crippen LogP contribution in [-0.2, 0) is 19.6 Å². The molecule has 0 fully saturated rings. The summed E-state index contributed by atoms with van der Waals surface area (Å²) in [6.07, 6.45) is 0. The Morgan fingerprint density at radius 2 is 0.776 bits per heavy atom. The molecule has 3 rings (SSSR count). The summed E-state index contributed by atoms with van der Waals surface area (Å²) < 4.78 is 50.1. The molecule has 272 valence electrons. The molecule has 3 aromatic rings. The van der Waals surface area contributed by atoms with E-state index in [1.54, 1.807) is 64.0 Å². The Morgan fingerprint density at radius 1 is 0.449 bits per heavy atom. The van der Waals surface area contributed by atoms with Crippen LogP contribution in [0.1, 0.15) is 16.7 Å². The summed E-state index contributed by atoms with van der Waals surface area (Å²) in [7, 11) is 14.5. The van der Waals surface area contributed by atoms with Crippen molar-refractivity contribution in [3.8, 4) is 51.7 Å². The van der Waals surface area contributed by atoms with E-state index in [0.717, 1.165) is 42.9 Å². The third-order valence-corrected chi connectivity index (χ3v) is 8.10. The standard InChI is InChI=1S/C36H54N4O9/c1-41-28-16-25(17-29(42-2)34(28)47-7)22-38-11-13-40(24-27-20-32(45-5)36(49-9)33(21-27)46-6)15-14-39(12-10-37)23-26-18-30(43-3)35(48-8)31(19-26)44-4/h16-21,38H,10-15,22-24,37H2,1-9H3. The average Bonchev–Trinajstić information content (AvgIpc) is 3.13. The van der Waals surface area contributed by atoms with Crippen LogP contribution in [0.2, 0.25) is 0 Å². The van der Waals surface area contributed by atoms with Crippen molar-refractivity contribution >= 4 is 0 Å². The number of methoxy groups -OCH3 is 9. The summed E-state index contributed by atoms with van der Waals surface area (Å²) in [5.74, 6) is 5.40. The Hall–Kier alpha value is -4.30. The van der Waals surface area contributed by atoms with E-state index in [-0.39, 0.29) is 0 Å². The summed E-state index contributed by atoms with van der Waals surface area (Å²) in [4.78, 5) is 4.72. The van der Waals surface area contributed by atoms with Gasteiger partial charge in [-0.15, -0.1) is 0 Å². The van der Waals surface area contributed by atoms with Crippen LogP contribution in [0.4, 0.5) is 0 Å². The van der Waals surface area contributed by atoms with Crippen molar-refractivity contribution in [3.05, 3.63) is 53.1 Å². The predicted molar refractivity (Wildman–Crippen MR) is 190 cm³/mol. The van der Waals surface area contributed by atoms with Gasteiger partial charge in [-0.2, -0.15) is 0 Å². The summed E-state index contributed by atoms with van der Waals surface area (Å²) >= 11 is 0. The van der Waals surface area contributed by atoms with Gasteiger partial charge in [-0.05, 0) is 53.1 Å². The van der Waals surface area contributed by atoms with E-state index in [9.17, 15) is 0 Å². The van der Waals surface area contributed by atoms with E-state index in [2.05, 4.69) is 15.1 Å². The van der Waals surface area contributed by atoms with Gasteiger partial charge in [0.05, 0.1) is 64.0 Å². The fourth-order valence-electron chi connectivity index (χ4n) is 5.68. The van der Waals surface area contributed by atoms with E-state index in [4.69, 9.17) is 48.4 Å². The van der Waals surface area contributed by atoms with Crippen LogP contribution in [0, 0.1) is 0 Å². The molecule has 0 aliphatic heterocycles. The molecule has 13 heteroatoms. The van der Waals surface area contributed by atoms with E-state index in [1.165, 1.54) is 0 Å². The van der Waals surface area contributed by atoms with Crippen molar-refractivity contribution in [2.45, 2.75) is 19.6 Å². The maximum absolute atomic E-state index is 6.08. The molecule has 13 nitrogen and oxygen atoms in total. The largest absolute Gasteiger partial charge is 0.493 e. The second-order valence-corrected chi connectivity index (χ2v) is 11.1. The fraction of sp³-hybridized carbons (Fsp3) is 0.500. The number of ether oxygens (including phenoxy) is 9. The molecule has 0 radical (unpaired) electrons. The maximum Gasteiger partial charge on any atom is 0.203 e. The molecule has 3 N–H and O–H groups in total. The zero-order valence-electron chi connectivity index (χ0n) is 30.5. The van der Waals surface area contributed by atoms with Crippen LogP contribution >= 0.6 is 0 Å². The summed E-state index contributed by atoms with van der Waals surface area (Å²) in [6.45, 7) is 6.20. The van der Waals surface area contributed by atoms with Crippen LogP contribution in [0.5, 0.6) is 51.7 Å². The number of hydrogen-bond acceptors (Lipinski definition) is 13. The highest BCUT2D eigenvalue weighted by molar-refractivity contribution is 5.55. The monoisotopic (exact) mass is 686 g/mol. The van der Waals surface area contributed by atoms with Crippen molar-refractivity contribution in [2.24, 2.45) is 5.73 Å². The lowest BCUT2D eigenvalue weighted by Crippen LogP contribution is -2.39.